The summed E-state index contributed by atoms with van der Waals surface area (Å²) in [5, 5.41) is 0. The number of ether oxygens (including phenoxy) is 1. The molecule has 4 nitrogen and oxygen atoms in total. The van der Waals surface area contributed by atoms with Gasteiger partial charge in [-0.15, -0.1) is 0 Å². The lowest BCUT2D eigenvalue weighted by Gasteiger charge is -1.89. The van der Waals surface area contributed by atoms with Crippen molar-refractivity contribution >= 4 is 16.7 Å². The van der Waals surface area contributed by atoms with Gasteiger partial charge in [-0.1, -0.05) is 6.58 Å². The van der Waals surface area contributed by atoms with Crippen molar-refractivity contribution in [3.05, 3.63) is 12.8 Å². The van der Waals surface area contributed by atoms with Gasteiger partial charge in [0.1, 0.15) is 5.75 Å². The van der Waals surface area contributed by atoms with Crippen LogP contribution in [0.25, 0.3) is 0 Å². The van der Waals surface area contributed by atoms with Crippen LogP contribution in [0.5, 0.6) is 0 Å². The lowest BCUT2D eigenvalue weighted by molar-refractivity contribution is -0.134. The molecule has 52 valence electrons. The van der Waals surface area contributed by atoms with Crippen molar-refractivity contribution < 1.29 is 17.9 Å². The van der Waals surface area contributed by atoms with Crippen LogP contribution in [0.1, 0.15) is 0 Å². The van der Waals surface area contributed by atoms with E-state index in [1.807, 2.05) is 0 Å². The fourth-order valence-electron chi connectivity index (χ4n) is 0.236. The standard InChI is InChI=1S/C4H6O4S/c1-2-8-4(5)3-9(6)7/h2,9H,1,3H2. The molecule has 0 aromatic heterocycles. The zero-order valence-corrected chi connectivity index (χ0v) is 5.47. The summed E-state index contributed by atoms with van der Waals surface area (Å²) in [6.07, 6.45) is 0.890. The number of carbonyl (C=O) groups is 1. The Morgan fingerprint density at radius 3 is 2.56 bits per heavy atom. The minimum absolute atomic E-state index is 0.582. The zero-order chi connectivity index (χ0) is 7.28. The first-order chi connectivity index (χ1) is 4.16. The molecule has 0 heterocycles. The van der Waals surface area contributed by atoms with E-state index in [2.05, 4.69) is 11.3 Å². The van der Waals surface area contributed by atoms with Crippen molar-refractivity contribution in [3.8, 4) is 0 Å². The lowest BCUT2D eigenvalue weighted by atomic mass is 10.8. The van der Waals surface area contributed by atoms with Crippen LogP contribution in [0, 0.1) is 0 Å². The van der Waals surface area contributed by atoms with Crippen molar-refractivity contribution in [2.45, 2.75) is 0 Å². The monoisotopic (exact) mass is 150 g/mol. The quantitative estimate of drug-likeness (QED) is 0.328. The Kier molecular flexibility index (Phi) is 3.70. The summed E-state index contributed by atoms with van der Waals surface area (Å²) in [6.45, 7) is 3.07. The van der Waals surface area contributed by atoms with E-state index in [0.717, 1.165) is 6.26 Å². The number of rotatable bonds is 3. The Morgan fingerprint density at radius 1 is 1.67 bits per heavy atom. The Morgan fingerprint density at radius 2 is 2.22 bits per heavy atom. The number of thiol groups is 1. The van der Waals surface area contributed by atoms with E-state index < -0.39 is 22.4 Å². The first-order valence-electron chi connectivity index (χ1n) is 2.09. The minimum Gasteiger partial charge on any atom is -0.434 e. The normalized spacial score (nSPS) is 9.00. The van der Waals surface area contributed by atoms with Crippen molar-refractivity contribution in [1.82, 2.24) is 0 Å². The highest BCUT2D eigenvalue weighted by molar-refractivity contribution is 7.73. The molecule has 0 unspecified atom stereocenters. The second kappa shape index (κ2) is 4.08. The van der Waals surface area contributed by atoms with Crippen LogP contribution in [0.3, 0.4) is 0 Å². The Labute approximate surface area is 54.1 Å². The van der Waals surface area contributed by atoms with E-state index in [4.69, 9.17) is 0 Å². The van der Waals surface area contributed by atoms with Crippen LogP contribution >= 0.6 is 0 Å². The molecular weight excluding hydrogens is 144 g/mol. The van der Waals surface area contributed by atoms with Crippen LogP contribution in [0.4, 0.5) is 0 Å². The molecule has 0 fully saturated rings. The molecule has 0 aliphatic heterocycles. The molecule has 0 N–H and O–H groups in total. The highest BCUT2D eigenvalue weighted by Gasteiger charge is 1.99. The fourth-order valence-corrected chi connectivity index (χ4v) is 0.521. The minimum atomic E-state index is -2.67. The third kappa shape index (κ3) is 5.02. The lowest BCUT2D eigenvalue weighted by Crippen LogP contribution is -2.06. The smallest absolute Gasteiger partial charge is 0.325 e. The van der Waals surface area contributed by atoms with Gasteiger partial charge in [0.25, 0.3) is 0 Å². The maximum atomic E-state index is 10.2. The summed E-state index contributed by atoms with van der Waals surface area (Å²) in [6, 6.07) is 0. The molecule has 0 aliphatic carbocycles. The van der Waals surface area contributed by atoms with Gasteiger partial charge in [0, 0.05) is 0 Å². The van der Waals surface area contributed by atoms with E-state index in [1.165, 1.54) is 0 Å². The highest BCUT2D eigenvalue weighted by Crippen LogP contribution is 1.77. The number of carbonyl (C=O) groups excluding carboxylic acids is 1. The fraction of sp³-hybridized carbons (Fsp3) is 0.250. The molecule has 5 heteroatoms. The van der Waals surface area contributed by atoms with Crippen molar-refractivity contribution in [1.29, 1.82) is 0 Å². The SMILES string of the molecule is C=COC(=O)C[SH](=O)=O. The van der Waals surface area contributed by atoms with Crippen LogP contribution < -0.4 is 0 Å². The van der Waals surface area contributed by atoms with Crippen LogP contribution in [0.15, 0.2) is 12.8 Å². The second-order valence-corrected chi connectivity index (χ2v) is 2.13. The van der Waals surface area contributed by atoms with E-state index in [9.17, 15) is 13.2 Å². The number of esters is 1. The van der Waals surface area contributed by atoms with Crippen LogP contribution in [-0.2, 0) is 20.2 Å². The van der Waals surface area contributed by atoms with Gasteiger partial charge >= 0.3 is 5.97 Å². The predicted molar refractivity (Wildman–Crippen MR) is 31.5 cm³/mol. The molecule has 0 aliphatic rings. The Balaban J connectivity index is 3.63. The van der Waals surface area contributed by atoms with Crippen molar-refractivity contribution in [2.75, 3.05) is 5.75 Å². The molecule has 0 spiro atoms. The maximum absolute atomic E-state index is 10.2. The van der Waals surface area contributed by atoms with Crippen LogP contribution in [-0.4, -0.2) is 20.1 Å². The van der Waals surface area contributed by atoms with Gasteiger partial charge in [-0.3, -0.25) is 4.79 Å². The molecule has 0 saturated carbocycles. The van der Waals surface area contributed by atoms with Gasteiger partial charge < -0.3 is 4.74 Å². The number of hydrogen-bond acceptors (Lipinski definition) is 4. The average Bonchev–Trinajstić information content (AvgIpc) is 1.63. The zero-order valence-electron chi connectivity index (χ0n) is 4.57. The van der Waals surface area contributed by atoms with Crippen molar-refractivity contribution in [2.24, 2.45) is 0 Å². The summed E-state index contributed by atoms with van der Waals surface area (Å²) in [5.74, 6) is -1.39. The van der Waals surface area contributed by atoms with Crippen molar-refractivity contribution in [3.63, 3.8) is 0 Å². The summed E-state index contributed by atoms with van der Waals surface area (Å²) in [7, 11) is -2.67. The van der Waals surface area contributed by atoms with E-state index in [-0.39, 0.29) is 0 Å². The molecule has 0 radical (unpaired) electrons. The summed E-state index contributed by atoms with van der Waals surface area (Å²) in [5.41, 5.74) is 0. The summed E-state index contributed by atoms with van der Waals surface area (Å²) in [4.78, 5) is 10.2. The van der Waals surface area contributed by atoms with Gasteiger partial charge in [-0.25, -0.2) is 8.42 Å². The first-order valence-corrected chi connectivity index (χ1v) is 3.45. The van der Waals surface area contributed by atoms with E-state index in [1.54, 1.807) is 0 Å². The molecule has 0 aromatic rings. The van der Waals surface area contributed by atoms with Gasteiger partial charge in [0.15, 0.2) is 10.7 Å². The first kappa shape index (κ1) is 8.16. The molecular formula is C4H6O4S. The molecule has 0 saturated heterocycles. The molecule has 0 rings (SSSR count). The third-order valence-electron chi connectivity index (χ3n) is 0.473. The molecule has 0 bridgehead atoms. The third-order valence-corrected chi connectivity index (χ3v) is 0.989. The molecule has 9 heavy (non-hydrogen) atoms. The Hall–Kier alpha value is -0.840. The van der Waals surface area contributed by atoms with Gasteiger partial charge in [0.05, 0.1) is 6.26 Å². The Bertz CT molecular complexity index is 173. The topological polar surface area (TPSA) is 60.4 Å². The summed E-state index contributed by atoms with van der Waals surface area (Å²) < 4.78 is 23.7. The van der Waals surface area contributed by atoms with E-state index in [0.29, 0.717) is 0 Å². The van der Waals surface area contributed by atoms with Crippen LogP contribution in [0.2, 0.25) is 0 Å². The van der Waals surface area contributed by atoms with E-state index >= 15 is 0 Å². The largest absolute Gasteiger partial charge is 0.434 e. The highest BCUT2D eigenvalue weighted by atomic mass is 32.2. The second-order valence-electron chi connectivity index (χ2n) is 1.15. The summed E-state index contributed by atoms with van der Waals surface area (Å²) >= 11 is 0. The van der Waals surface area contributed by atoms with Gasteiger partial charge in [-0.05, 0) is 0 Å². The number of hydrogen-bond donors (Lipinski definition) is 1. The molecule has 0 atom stereocenters. The maximum Gasteiger partial charge on any atom is 0.325 e. The van der Waals surface area contributed by atoms with Gasteiger partial charge in [-0.2, -0.15) is 0 Å². The molecule has 0 aromatic carbocycles. The average molecular weight is 150 g/mol. The van der Waals surface area contributed by atoms with Gasteiger partial charge in [0.2, 0.25) is 0 Å². The molecule has 0 amide bonds. The predicted octanol–water partition coefficient (Wildman–Crippen LogP) is -0.716.